The minimum Gasteiger partial charge on any atom is -0.0848 e. The average Bonchev–Trinajstić information content (AvgIpc) is 3.23. The summed E-state index contributed by atoms with van der Waals surface area (Å²) in [5.74, 6) is 10.9. The van der Waals surface area contributed by atoms with Gasteiger partial charge in [0.2, 0.25) is 0 Å². The maximum absolute atomic E-state index is 2.65. The third-order valence-electron chi connectivity index (χ3n) is 9.22. The quantitative estimate of drug-likeness (QED) is 0.485. The van der Waals surface area contributed by atoms with Crippen LogP contribution >= 0.6 is 0 Å². The van der Waals surface area contributed by atoms with E-state index in [4.69, 9.17) is 0 Å². The van der Waals surface area contributed by atoms with Crippen molar-refractivity contribution in [1.82, 2.24) is 0 Å². The number of rotatable bonds is 2. The van der Waals surface area contributed by atoms with Gasteiger partial charge in [0.25, 0.3) is 0 Å². The molecule has 0 nitrogen and oxygen atoms in total. The Balaban J connectivity index is 1.50. The minimum absolute atomic E-state index is 0.790. The molecule has 6 rings (SSSR count). The molecule has 0 heteroatoms. The van der Waals surface area contributed by atoms with E-state index in [-0.39, 0.29) is 0 Å². The lowest BCUT2D eigenvalue weighted by Crippen LogP contribution is -2.46. The van der Waals surface area contributed by atoms with E-state index in [1.807, 2.05) is 0 Å². The summed E-state index contributed by atoms with van der Waals surface area (Å²) < 4.78 is 0. The molecule has 0 N–H and O–H groups in total. The van der Waals surface area contributed by atoms with Crippen molar-refractivity contribution in [3.8, 4) is 0 Å². The Bertz CT molecular complexity index is 516. The predicted octanol–water partition coefficient (Wildman–Crippen LogP) is 5.15. The van der Waals surface area contributed by atoms with Crippen molar-refractivity contribution in [3.05, 3.63) is 12.2 Å². The number of hydrogen-bond donors (Lipinski definition) is 0. The van der Waals surface area contributed by atoms with Gasteiger partial charge in [0.05, 0.1) is 0 Å². The van der Waals surface area contributed by atoms with Crippen LogP contribution in [0.3, 0.4) is 0 Å². The number of hydrogen-bond acceptors (Lipinski definition) is 0. The van der Waals surface area contributed by atoms with E-state index in [2.05, 4.69) is 26.0 Å². The van der Waals surface area contributed by atoms with Gasteiger partial charge in [-0.15, -0.1) is 0 Å². The molecule has 0 saturated heterocycles. The van der Waals surface area contributed by atoms with Crippen LogP contribution in [0.15, 0.2) is 12.2 Å². The highest BCUT2D eigenvalue weighted by atomic mass is 14.8. The molecule has 0 aromatic heterocycles. The van der Waals surface area contributed by atoms with Crippen molar-refractivity contribution < 1.29 is 0 Å². The Kier molecular flexibility index (Phi) is 2.10. The van der Waals surface area contributed by atoms with Crippen LogP contribution in [0.1, 0.15) is 52.4 Å². The zero-order valence-corrected chi connectivity index (χ0v) is 13.7. The van der Waals surface area contributed by atoms with Gasteiger partial charge >= 0.3 is 0 Å². The molecule has 0 heterocycles. The van der Waals surface area contributed by atoms with Gasteiger partial charge in [-0.05, 0) is 103 Å². The fourth-order valence-electron chi connectivity index (χ4n) is 9.64. The molecule has 6 bridgehead atoms. The molecule has 114 valence electrons. The van der Waals surface area contributed by atoms with Gasteiger partial charge < -0.3 is 0 Å². The van der Waals surface area contributed by atoms with E-state index >= 15 is 0 Å². The first-order valence-electron chi connectivity index (χ1n) is 9.87. The summed E-state index contributed by atoms with van der Waals surface area (Å²) in [5, 5.41) is 0. The van der Waals surface area contributed by atoms with Gasteiger partial charge in [-0.25, -0.2) is 0 Å². The van der Waals surface area contributed by atoms with Crippen molar-refractivity contribution in [1.29, 1.82) is 0 Å². The first-order valence-corrected chi connectivity index (χ1v) is 9.87. The number of allylic oxidation sites excluding steroid dienone is 2. The number of fused-ring (bicyclic) bond motifs is 16. The molecule has 6 aliphatic rings. The van der Waals surface area contributed by atoms with Gasteiger partial charge in [-0.1, -0.05) is 26.0 Å². The van der Waals surface area contributed by atoms with Crippen molar-refractivity contribution in [3.63, 3.8) is 0 Å². The largest absolute Gasteiger partial charge is 0.0848 e. The summed E-state index contributed by atoms with van der Waals surface area (Å²) >= 11 is 0. The van der Waals surface area contributed by atoms with Crippen LogP contribution < -0.4 is 0 Å². The third kappa shape index (κ3) is 1.21. The maximum Gasteiger partial charge on any atom is -0.0191 e. The summed E-state index contributed by atoms with van der Waals surface area (Å²) in [7, 11) is 0. The van der Waals surface area contributed by atoms with Crippen LogP contribution in [-0.2, 0) is 0 Å². The van der Waals surface area contributed by atoms with E-state index in [1.165, 1.54) is 5.92 Å². The first-order chi connectivity index (χ1) is 10.2. The Hall–Kier alpha value is -0.260. The molecule has 0 amide bonds. The highest BCUT2D eigenvalue weighted by molar-refractivity contribution is 5.28. The topological polar surface area (TPSA) is 0 Å². The van der Waals surface area contributed by atoms with E-state index in [9.17, 15) is 0 Å². The van der Waals surface area contributed by atoms with Crippen LogP contribution in [0.2, 0.25) is 0 Å². The fourth-order valence-corrected chi connectivity index (χ4v) is 9.64. The maximum atomic E-state index is 2.65. The molecule has 0 aromatic carbocycles. The third-order valence-corrected chi connectivity index (χ3v) is 9.22. The average molecular weight is 282 g/mol. The van der Waals surface area contributed by atoms with Gasteiger partial charge in [0.1, 0.15) is 0 Å². The van der Waals surface area contributed by atoms with Crippen molar-refractivity contribution in [2.75, 3.05) is 0 Å². The van der Waals surface area contributed by atoms with E-state index in [0.717, 1.165) is 58.7 Å². The second kappa shape index (κ2) is 3.62. The summed E-state index contributed by atoms with van der Waals surface area (Å²) in [6.45, 7) is 5.00. The highest BCUT2D eigenvalue weighted by Gasteiger charge is 2.75. The summed E-state index contributed by atoms with van der Waals surface area (Å²) in [6.07, 6.45) is 14.9. The fraction of sp³-hybridized carbons (Fsp3) is 0.905. The summed E-state index contributed by atoms with van der Waals surface area (Å²) in [5.41, 5.74) is 0.790. The van der Waals surface area contributed by atoms with Crippen LogP contribution in [0, 0.1) is 64.6 Å². The molecular weight excluding hydrogens is 252 g/mol. The highest BCUT2D eigenvalue weighted by Crippen LogP contribution is 2.81. The van der Waals surface area contributed by atoms with Gasteiger partial charge in [-0.2, -0.15) is 0 Å². The van der Waals surface area contributed by atoms with E-state index < -0.39 is 0 Å². The zero-order valence-electron chi connectivity index (χ0n) is 13.7. The molecule has 0 radical (unpaired) electrons. The smallest absolute Gasteiger partial charge is 0.0191 e. The molecule has 0 aromatic rings. The van der Waals surface area contributed by atoms with Crippen LogP contribution in [-0.4, -0.2) is 0 Å². The predicted molar refractivity (Wildman–Crippen MR) is 85.5 cm³/mol. The first kappa shape index (κ1) is 12.2. The van der Waals surface area contributed by atoms with E-state index in [0.29, 0.717) is 0 Å². The standard InChI is InChI=1S/C21H30/c1-11(2)9-21-10-16(17-12-3-5-14(7-12)19(17)21)18-13-4-6-15(8-13)20(18)21/h3,5,11-20H,4,6-10H2,1-2H3. The van der Waals surface area contributed by atoms with Crippen molar-refractivity contribution >= 4 is 0 Å². The zero-order chi connectivity index (χ0) is 13.9. The van der Waals surface area contributed by atoms with Crippen LogP contribution in [0.5, 0.6) is 0 Å². The summed E-state index contributed by atoms with van der Waals surface area (Å²) in [4.78, 5) is 0. The molecule has 0 aliphatic heterocycles. The van der Waals surface area contributed by atoms with Crippen molar-refractivity contribution in [2.45, 2.75) is 52.4 Å². The van der Waals surface area contributed by atoms with Gasteiger partial charge in [0.15, 0.2) is 0 Å². The molecule has 5 fully saturated rings. The molecule has 5 saturated carbocycles. The Morgan fingerprint density at radius 3 is 2.62 bits per heavy atom. The Morgan fingerprint density at radius 2 is 1.76 bits per heavy atom. The van der Waals surface area contributed by atoms with E-state index in [1.54, 1.807) is 38.5 Å². The molecule has 6 aliphatic carbocycles. The normalized spacial score (nSPS) is 64.8. The molecule has 21 heavy (non-hydrogen) atoms. The molecule has 10 atom stereocenters. The minimum atomic E-state index is 0.790. The molecular formula is C21H30. The monoisotopic (exact) mass is 282 g/mol. The van der Waals surface area contributed by atoms with Crippen molar-refractivity contribution in [2.24, 2.45) is 64.6 Å². The van der Waals surface area contributed by atoms with Crippen LogP contribution in [0.4, 0.5) is 0 Å². The second-order valence-corrected chi connectivity index (χ2v) is 10.2. The SMILES string of the molecule is CC(C)CC12CC(C3C4C=CC(C4)C31)C1C3CCC(C3)C12. The summed E-state index contributed by atoms with van der Waals surface area (Å²) in [6, 6.07) is 0. The van der Waals surface area contributed by atoms with Crippen LogP contribution in [0.25, 0.3) is 0 Å². The second-order valence-electron chi connectivity index (χ2n) is 10.2. The lowest BCUT2D eigenvalue weighted by atomic mass is 9.53. The van der Waals surface area contributed by atoms with Gasteiger partial charge in [0, 0.05) is 0 Å². The Morgan fingerprint density at radius 1 is 0.952 bits per heavy atom. The van der Waals surface area contributed by atoms with Gasteiger partial charge in [-0.3, -0.25) is 0 Å². The Labute approximate surface area is 129 Å². The molecule has 10 unspecified atom stereocenters. The molecule has 0 spiro atoms. The lowest BCUT2D eigenvalue weighted by Gasteiger charge is -2.51. The lowest BCUT2D eigenvalue weighted by molar-refractivity contribution is -0.0287.